The first-order valence-electron chi connectivity index (χ1n) is 1.23. The molecule has 13 heavy (non-hydrogen) atoms. The Morgan fingerprint density at radius 3 is 0.462 bits per heavy atom. The molecule has 0 saturated heterocycles. The van der Waals surface area contributed by atoms with E-state index in [1.165, 1.54) is 0 Å². The van der Waals surface area contributed by atoms with Crippen LogP contribution < -0.4 is 37.3 Å². The van der Waals surface area contributed by atoms with E-state index in [0.717, 1.165) is 0 Å². The van der Waals surface area contributed by atoms with Gasteiger partial charge < -0.3 is 11.0 Å². The van der Waals surface area contributed by atoms with Crippen LogP contribution in [0.1, 0.15) is 0 Å². The molecule has 10 nitrogen and oxygen atoms in total. The molecular weight excluding hydrogens is 290 g/mol. The molecule has 0 spiro atoms. The van der Waals surface area contributed by atoms with Gasteiger partial charge in [-0.25, -0.2) is 37.3 Å². The van der Waals surface area contributed by atoms with Crippen LogP contribution >= 0.6 is 0 Å². The molecule has 0 amide bonds. The van der Waals surface area contributed by atoms with Crippen LogP contribution in [0.4, 0.5) is 0 Å². The summed E-state index contributed by atoms with van der Waals surface area (Å²) in [6.07, 6.45) is 0. The van der Waals surface area contributed by atoms with E-state index in [9.17, 15) is 0 Å². The monoisotopic (exact) mass is 293 g/mol. The van der Waals surface area contributed by atoms with Crippen molar-refractivity contribution in [3.63, 3.8) is 0 Å². The van der Waals surface area contributed by atoms with Crippen LogP contribution in [-0.4, -0.2) is 11.0 Å². The zero-order valence-corrected chi connectivity index (χ0v) is 7.91. The third-order valence-corrected chi connectivity index (χ3v) is 0. The normalized spacial score (nSPS) is 9.23. The quantitative estimate of drug-likeness (QED) is 0.413. The minimum absolute atomic E-state index is 0. The Hall–Kier alpha value is 0.686. The Kier molecular flexibility index (Phi) is 24.2. The van der Waals surface area contributed by atoms with Gasteiger partial charge in [-0.15, -0.1) is 20.5 Å². The molecule has 0 atom stereocenters. The van der Waals surface area contributed by atoms with Gasteiger partial charge in [0.05, 0.1) is 0 Å². The van der Waals surface area contributed by atoms with Gasteiger partial charge in [0.1, 0.15) is 0 Å². The largest absolute Gasteiger partial charge is 2.00 e. The van der Waals surface area contributed by atoms with Crippen molar-refractivity contribution < 1.29 is 85.5 Å². The van der Waals surface area contributed by atoms with E-state index >= 15 is 0 Å². The van der Waals surface area contributed by atoms with E-state index in [0.29, 0.717) is 0 Å². The number of hydrogen-bond acceptors (Lipinski definition) is 8. The molecule has 87 valence electrons. The average molecular weight is 294 g/mol. The van der Waals surface area contributed by atoms with Crippen molar-refractivity contribution in [2.45, 2.75) is 0 Å². The Labute approximate surface area is 85.9 Å². The van der Waals surface area contributed by atoms with Crippen molar-refractivity contribution in [3.8, 4) is 0 Å². The van der Waals surface area contributed by atoms with Crippen LogP contribution in [-0.2, 0) is 16.8 Å². The van der Waals surface area contributed by atoms with Crippen LogP contribution in [0.15, 0.2) is 0 Å². The van der Waals surface area contributed by atoms with Crippen molar-refractivity contribution in [2.75, 3.05) is 0 Å². The summed E-state index contributed by atoms with van der Waals surface area (Å²) in [7, 11) is -9.89. The van der Waals surface area contributed by atoms with E-state index < -0.39 is 20.5 Å². The maximum Gasteiger partial charge on any atom is 2.00 e. The molecule has 1 radical (unpaired) electrons. The maximum atomic E-state index is 8.49. The van der Waals surface area contributed by atoms with Gasteiger partial charge in [0.2, 0.25) is 0 Å². The summed E-state index contributed by atoms with van der Waals surface area (Å²) >= 11 is 0. The van der Waals surface area contributed by atoms with Crippen LogP contribution in [0.25, 0.3) is 0 Å². The average Bonchev–Trinajstić information content (AvgIpc) is 1.12. The zero-order valence-electron chi connectivity index (χ0n) is 5.36. The van der Waals surface area contributed by atoms with Crippen molar-refractivity contribution in [2.24, 2.45) is 0 Å². The van der Waals surface area contributed by atoms with Gasteiger partial charge in [0.15, 0.2) is 0 Å². The molecule has 0 aliphatic heterocycles. The van der Waals surface area contributed by atoms with E-state index in [1.54, 1.807) is 0 Å². The summed E-state index contributed by atoms with van der Waals surface area (Å²) in [5.74, 6) is 0. The summed E-state index contributed by atoms with van der Waals surface area (Å²) in [5, 5.41) is 0. The van der Waals surface area contributed by atoms with Gasteiger partial charge in [-0.3, -0.25) is 0 Å². The van der Waals surface area contributed by atoms with Crippen molar-refractivity contribution >= 4 is 0 Å². The molecule has 0 saturated carbocycles. The molecule has 0 aliphatic carbocycles. The summed E-state index contributed by atoms with van der Waals surface area (Å²) in [5.41, 5.74) is 0. The summed E-state index contributed by atoms with van der Waals surface area (Å²) in [6.45, 7) is 0. The first-order valence-corrected chi connectivity index (χ1v) is 3.70. The molecule has 0 bridgehead atoms. The Balaban J connectivity index is -0.0000000267. The molecule has 4 N–H and O–H groups in total. The molecule has 0 aromatic heterocycles. The predicted octanol–water partition coefficient (Wildman–Crippen LogP) is -11.2. The summed E-state index contributed by atoms with van der Waals surface area (Å²) in [6, 6.07) is 0. The molecule has 0 heterocycles. The molecule has 13 heteroatoms. The standard InChI is InChI=1S/2ClHO4.Co.2H2O/c2*2-1(3,4)5;;;/h2*(H,2,3,4,5);;2*1H2/q;;+2;;/p-2. The Morgan fingerprint density at radius 2 is 0.462 bits per heavy atom. The first-order chi connectivity index (χ1) is 4.00. The second kappa shape index (κ2) is 10.8. The third kappa shape index (κ3) is 3070. The SMILES string of the molecule is O.O.[Co+2].[O-][Cl+3]([O-])([O-])[O-].[O-][Cl+3]([O-])([O-])[O-]. The smallest absolute Gasteiger partial charge is 0.412 e. The maximum absolute atomic E-state index is 8.49. The van der Waals surface area contributed by atoms with Gasteiger partial charge in [-0.2, -0.15) is 0 Å². The van der Waals surface area contributed by atoms with Crippen molar-refractivity contribution in [1.82, 2.24) is 0 Å². The third-order valence-electron chi connectivity index (χ3n) is 0. The number of hydrogen-bond donors (Lipinski definition) is 0. The van der Waals surface area contributed by atoms with E-state index in [1.807, 2.05) is 0 Å². The van der Waals surface area contributed by atoms with Crippen molar-refractivity contribution in [3.05, 3.63) is 0 Å². The van der Waals surface area contributed by atoms with Crippen LogP contribution in [0.3, 0.4) is 0 Å². The minimum atomic E-state index is -4.94. The van der Waals surface area contributed by atoms with Gasteiger partial charge in [0, 0.05) is 0 Å². The summed E-state index contributed by atoms with van der Waals surface area (Å²) in [4.78, 5) is 0. The second-order valence-corrected chi connectivity index (χ2v) is 2.27. The molecule has 0 aromatic rings. The van der Waals surface area contributed by atoms with Crippen LogP contribution in [0.2, 0.25) is 0 Å². The molecule has 0 aliphatic rings. The molecule has 0 fully saturated rings. The minimum Gasteiger partial charge on any atom is -0.412 e. The Bertz CT molecular complexity index is 55.9. The van der Waals surface area contributed by atoms with Crippen LogP contribution in [0, 0.1) is 20.5 Å². The van der Waals surface area contributed by atoms with Gasteiger partial charge in [-0.1, -0.05) is 0 Å². The molecule has 0 rings (SSSR count). The second-order valence-electron chi connectivity index (χ2n) is 0.756. The molecular formula is H4Cl2CoO10. The predicted molar refractivity (Wildman–Crippen MR) is 7.23 cm³/mol. The van der Waals surface area contributed by atoms with E-state index in [-0.39, 0.29) is 27.7 Å². The fraction of sp³-hybridized carbons (Fsp3) is 0. The molecule has 0 aromatic carbocycles. The van der Waals surface area contributed by atoms with E-state index in [2.05, 4.69) is 0 Å². The van der Waals surface area contributed by atoms with Gasteiger partial charge in [-0.05, 0) is 0 Å². The van der Waals surface area contributed by atoms with E-state index in [4.69, 9.17) is 37.3 Å². The molecule has 0 unspecified atom stereocenters. The Morgan fingerprint density at radius 1 is 0.462 bits per heavy atom. The topological polar surface area (TPSA) is 247 Å². The van der Waals surface area contributed by atoms with Gasteiger partial charge >= 0.3 is 16.8 Å². The number of rotatable bonds is 0. The van der Waals surface area contributed by atoms with Crippen LogP contribution in [0.5, 0.6) is 0 Å². The fourth-order valence-electron chi connectivity index (χ4n) is 0. The summed E-state index contributed by atoms with van der Waals surface area (Å²) < 4.78 is 67.9. The number of halogens is 2. The van der Waals surface area contributed by atoms with Gasteiger partial charge in [0.25, 0.3) is 0 Å². The van der Waals surface area contributed by atoms with Crippen molar-refractivity contribution in [1.29, 1.82) is 0 Å². The fourth-order valence-corrected chi connectivity index (χ4v) is 0. The zero-order chi connectivity index (χ0) is 9.00. The first kappa shape index (κ1) is 29.2.